The van der Waals surface area contributed by atoms with Crippen LogP contribution in [0.15, 0.2) is 12.7 Å². The van der Waals surface area contributed by atoms with Gasteiger partial charge in [-0.2, -0.15) is 0 Å². The predicted molar refractivity (Wildman–Crippen MR) is 70.6 cm³/mol. The second-order valence-corrected chi connectivity index (χ2v) is 5.36. The van der Waals surface area contributed by atoms with Gasteiger partial charge in [-0.25, -0.2) is 15.0 Å². The van der Waals surface area contributed by atoms with Crippen LogP contribution in [0.3, 0.4) is 0 Å². The largest absolute Gasteiger partial charge is 0.388 e. The number of nitrogens with two attached hydrogens (primary N) is 1. The molecular formula is C12H17N5O3. The summed E-state index contributed by atoms with van der Waals surface area (Å²) in [5.74, 6) is 0.261. The molecule has 3 unspecified atom stereocenters. The van der Waals surface area contributed by atoms with Crippen LogP contribution >= 0.6 is 0 Å². The van der Waals surface area contributed by atoms with Gasteiger partial charge in [0.25, 0.3) is 0 Å². The number of nitrogen functional groups attached to an aromatic ring is 1. The molecule has 2 aromatic rings. The zero-order chi connectivity index (χ0) is 14.5. The first-order valence-electron chi connectivity index (χ1n) is 6.45. The molecule has 1 saturated carbocycles. The Kier molecular flexibility index (Phi) is 2.89. The van der Waals surface area contributed by atoms with Crippen LogP contribution < -0.4 is 5.73 Å². The average molecular weight is 279 g/mol. The number of aliphatic hydroxyl groups excluding tert-OH is 2. The van der Waals surface area contributed by atoms with E-state index >= 15 is 0 Å². The number of imidazole rings is 1. The van der Waals surface area contributed by atoms with Crippen molar-refractivity contribution in [2.75, 3.05) is 5.73 Å². The summed E-state index contributed by atoms with van der Waals surface area (Å²) in [6.45, 7) is 1.72. The standard InChI is InChI=1S/C12H17N5O3/c1-6(8(18)9(19)12(20)2-3-12)17-5-16-7-10(13)14-4-15-11(7)17/h4-6,8-9,18-20H,2-3H2,1H3,(H2,13,14,15). The van der Waals surface area contributed by atoms with Gasteiger partial charge in [0.1, 0.15) is 24.1 Å². The number of rotatable bonds is 4. The van der Waals surface area contributed by atoms with Gasteiger partial charge in [0.05, 0.1) is 18.0 Å². The zero-order valence-corrected chi connectivity index (χ0v) is 11.0. The molecule has 0 amide bonds. The highest BCUT2D eigenvalue weighted by atomic mass is 16.4. The van der Waals surface area contributed by atoms with E-state index in [4.69, 9.17) is 5.73 Å². The first kappa shape index (κ1) is 13.2. The number of aliphatic hydroxyl groups is 3. The number of aromatic nitrogens is 4. The van der Waals surface area contributed by atoms with E-state index in [1.807, 2.05) is 0 Å². The van der Waals surface area contributed by atoms with E-state index in [2.05, 4.69) is 15.0 Å². The molecule has 2 aromatic heterocycles. The number of hydrogen-bond donors (Lipinski definition) is 4. The summed E-state index contributed by atoms with van der Waals surface area (Å²) < 4.78 is 1.62. The molecule has 20 heavy (non-hydrogen) atoms. The lowest BCUT2D eigenvalue weighted by Crippen LogP contribution is -2.43. The van der Waals surface area contributed by atoms with Crippen LogP contribution in [-0.4, -0.2) is 52.6 Å². The van der Waals surface area contributed by atoms with Crippen molar-refractivity contribution in [1.29, 1.82) is 0 Å². The van der Waals surface area contributed by atoms with Crippen molar-refractivity contribution in [2.45, 2.75) is 43.6 Å². The normalized spacial score (nSPS) is 21.6. The van der Waals surface area contributed by atoms with Gasteiger partial charge in [0, 0.05) is 0 Å². The summed E-state index contributed by atoms with van der Waals surface area (Å²) in [4.78, 5) is 12.1. The van der Waals surface area contributed by atoms with Crippen molar-refractivity contribution in [3.05, 3.63) is 12.7 Å². The minimum Gasteiger partial charge on any atom is -0.388 e. The Hall–Kier alpha value is -1.77. The molecule has 1 fully saturated rings. The fraction of sp³-hybridized carbons (Fsp3) is 0.583. The van der Waals surface area contributed by atoms with Crippen LogP contribution in [0.2, 0.25) is 0 Å². The van der Waals surface area contributed by atoms with Crippen molar-refractivity contribution in [2.24, 2.45) is 0 Å². The lowest BCUT2D eigenvalue weighted by atomic mass is 10.0. The molecule has 2 heterocycles. The smallest absolute Gasteiger partial charge is 0.165 e. The maximum atomic E-state index is 10.2. The van der Waals surface area contributed by atoms with Gasteiger partial charge in [0.15, 0.2) is 11.5 Å². The van der Waals surface area contributed by atoms with Crippen LogP contribution in [0.5, 0.6) is 0 Å². The minimum atomic E-state index is -1.20. The Bertz CT molecular complexity index is 639. The van der Waals surface area contributed by atoms with Gasteiger partial charge in [-0.05, 0) is 19.8 Å². The molecule has 0 bridgehead atoms. The Balaban J connectivity index is 1.92. The fourth-order valence-electron chi connectivity index (χ4n) is 2.34. The first-order chi connectivity index (χ1) is 9.44. The number of nitrogens with zero attached hydrogens (tertiary/aromatic N) is 4. The number of fused-ring (bicyclic) bond motifs is 1. The molecule has 1 aliphatic carbocycles. The summed E-state index contributed by atoms with van der Waals surface area (Å²) in [6.07, 6.45) is 1.48. The monoisotopic (exact) mass is 279 g/mol. The Morgan fingerprint density at radius 1 is 1.30 bits per heavy atom. The molecule has 0 saturated heterocycles. The van der Waals surface area contributed by atoms with Gasteiger partial charge < -0.3 is 25.6 Å². The van der Waals surface area contributed by atoms with Gasteiger partial charge in [-0.1, -0.05) is 0 Å². The molecule has 0 spiro atoms. The van der Waals surface area contributed by atoms with E-state index < -0.39 is 23.9 Å². The van der Waals surface area contributed by atoms with Crippen molar-refractivity contribution in [3.8, 4) is 0 Å². The van der Waals surface area contributed by atoms with E-state index in [0.717, 1.165) is 0 Å². The third kappa shape index (κ3) is 1.92. The molecule has 5 N–H and O–H groups in total. The van der Waals surface area contributed by atoms with E-state index in [1.54, 1.807) is 11.5 Å². The van der Waals surface area contributed by atoms with Crippen molar-refractivity contribution >= 4 is 17.0 Å². The molecule has 108 valence electrons. The minimum absolute atomic E-state index is 0.261. The predicted octanol–water partition coefficient (Wildman–Crippen LogP) is -0.784. The second kappa shape index (κ2) is 4.37. The summed E-state index contributed by atoms with van der Waals surface area (Å²) in [7, 11) is 0. The Morgan fingerprint density at radius 2 is 2.00 bits per heavy atom. The van der Waals surface area contributed by atoms with Gasteiger partial charge in [-0.3, -0.25) is 0 Å². The molecule has 3 atom stereocenters. The van der Waals surface area contributed by atoms with Crippen LogP contribution in [0.4, 0.5) is 5.82 Å². The summed E-state index contributed by atoms with van der Waals surface area (Å²) in [5, 5.41) is 30.1. The zero-order valence-electron chi connectivity index (χ0n) is 11.0. The fourth-order valence-corrected chi connectivity index (χ4v) is 2.34. The molecule has 8 heteroatoms. The van der Waals surface area contributed by atoms with E-state index in [-0.39, 0.29) is 5.82 Å². The highest BCUT2D eigenvalue weighted by molar-refractivity contribution is 5.81. The highest BCUT2D eigenvalue weighted by Gasteiger charge is 2.51. The summed E-state index contributed by atoms with van der Waals surface area (Å²) in [5.41, 5.74) is 5.47. The van der Waals surface area contributed by atoms with Crippen LogP contribution in [0, 0.1) is 0 Å². The lowest BCUT2D eigenvalue weighted by Gasteiger charge is -2.28. The maximum Gasteiger partial charge on any atom is 0.165 e. The van der Waals surface area contributed by atoms with Crippen molar-refractivity contribution < 1.29 is 15.3 Å². The highest BCUT2D eigenvalue weighted by Crippen LogP contribution is 2.41. The van der Waals surface area contributed by atoms with Crippen LogP contribution in [0.1, 0.15) is 25.8 Å². The number of anilines is 1. The summed E-state index contributed by atoms with van der Waals surface area (Å²) in [6, 6.07) is -0.506. The SMILES string of the molecule is CC(C(O)C(O)C1(O)CC1)n1cnc2c(N)ncnc21. The summed E-state index contributed by atoms with van der Waals surface area (Å²) >= 11 is 0. The second-order valence-electron chi connectivity index (χ2n) is 5.36. The molecule has 1 aliphatic rings. The van der Waals surface area contributed by atoms with Gasteiger partial charge in [-0.15, -0.1) is 0 Å². The third-order valence-electron chi connectivity index (χ3n) is 3.96. The lowest BCUT2D eigenvalue weighted by molar-refractivity contribution is -0.0874. The molecule has 8 nitrogen and oxygen atoms in total. The van der Waals surface area contributed by atoms with Crippen molar-refractivity contribution in [3.63, 3.8) is 0 Å². The van der Waals surface area contributed by atoms with E-state index in [9.17, 15) is 15.3 Å². The first-order valence-corrected chi connectivity index (χ1v) is 6.45. The maximum absolute atomic E-state index is 10.2. The van der Waals surface area contributed by atoms with Crippen LogP contribution in [0.25, 0.3) is 11.2 Å². The topological polar surface area (TPSA) is 130 Å². The molecule has 0 radical (unpaired) electrons. The van der Waals surface area contributed by atoms with Gasteiger partial charge >= 0.3 is 0 Å². The molecule has 0 aromatic carbocycles. The average Bonchev–Trinajstić information content (AvgIpc) is 3.03. The van der Waals surface area contributed by atoms with E-state index in [0.29, 0.717) is 24.0 Å². The Morgan fingerprint density at radius 3 is 2.65 bits per heavy atom. The third-order valence-corrected chi connectivity index (χ3v) is 3.96. The van der Waals surface area contributed by atoms with E-state index in [1.165, 1.54) is 12.7 Å². The Labute approximate surface area is 114 Å². The van der Waals surface area contributed by atoms with Gasteiger partial charge in [0.2, 0.25) is 0 Å². The van der Waals surface area contributed by atoms with Crippen LogP contribution in [-0.2, 0) is 0 Å². The number of hydrogen-bond acceptors (Lipinski definition) is 7. The van der Waals surface area contributed by atoms with Crippen molar-refractivity contribution in [1.82, 2.24) is 19.5 Å². The molecule has 0 aliphatic heterocycles. The molecular weight excluding hydrogens is 262 g/mol. The quantitative estimate of drug-likeness (QED) is 0.577. The molecule has 3 rings (SSSR count).